The first-order valence-corrected chi connectivity index (χ1v) is 9.51. The van der Waals surface area contributed by atoms with Gasteiger partial charge in [-0.1, -0.05) is 66.4 Å². The lowest BCUT2D eigenvalue weighted by atomic mass is 10.2. The monoisotopic (exact) mass is 393 g/mol. The number of benzene rings is 2. The van der Waals surface area contributed by atoms with Crippen LogP contribution < -0.4 is 0 Å². The van der Waals surface area contributed by atoms with Crippen LogP contribution in [0.3, 0.4) is 0 Å². The van der Waals surface area contributed by atoms with E-state index < -0.39 is 0 Å². The summed E-state index contributed by atoms with van der Waals surface area (Å²) in [5, 5.41) is 9.60. The van der Waals surface area contributed by atoms with Crippen molar-refractivity contribution in [3.05, 3.63) is 83.0 Å². The molecule has 0 atom stereocenters. The molecule has 1 aliphatic heterocycles. The number of hydrogen-bond acceptors (Lipinski definition) is 5. The summed E-state index contributed by atoms with van der Waals surface area (Å²) in [5.41, 5.74) is 1.80. The molecule has 134 valence electrons. The molecule has 1 fully saturated rings. The molecule has 0 spiro atoms. The lowest BCUT2D eigenvalue weighted by Gasteiger charge is -2.14. The molecule has 2 heterocycles. The van der Waals surface area contributed by atoms with Gasteiger partial charge >= 0.3 is 0 Å². The SMILES string of the molecule is O=C1C(=Cc2ccc(-c3cccc(O)c3)o2)SC(=S)N1Cc1ccccc1. The minimum atomic E-state index is -0.121. The molecule has 4 rings (SSSR count). The third-order valence-corrected chi connectivity index (χ3v) is 5.47. The first-order chi connectivity index (χ1) is 13.1. The molecule has 0 aliphatic carbocycles. The summed E-state index contributed by atoms with van der Waals surface area (Å²) < 4.78 is 6.35. The average molecular weight is 393 g/mol. The van der Waals surface area contributed by atoms with E-state index in [0.717, 1.165) is 11.1 Å². The van der Waals surface area contributed by atoms with Crippen molar-refractivity contribution in [2.75, 3.05) is 0 Å². The zero-order valence-corrected chi connectivity index (χ0v) is 15.8. The Labute approximate surface area is 166 Å². The fraction of sp³-hybridized carbons (Fsp3) is 0.0476. The van der Waals surface area contributed by atoms with E-state index in [1.54, 1.807) is 35.2 Å². The molecule has 0 saturated carbocycles. The highest BCUT2D eigenvalue weighted by atomic mass is 32.2. The summed E-state index contributed by atoms with van der Waals surface area (Å²) in [4.78, 5) is 14.9. The van der Waals surface area contributed by atoms with Crippen molar-refractivity contribution >= 4 is 40.3 Å². The molecular formula is C21H15NO3S2. The van der Waals surface area contributed by atoms with Crippen molar-refractivity contribution in [3.8, 4) is 17.1 Å². The van der Waals surface area contributed by atoms with Crippen molar-refractivity contribution < 1.29 is 14.3 Å². The number of phenols is 1. The Morgan fingerprint density at radius 2 is 1.89 bits per heavy atom. The minimum absolute atomic E-state index is 0.121. The van der Waals surface area contributed by atoms with E-state index in [4.69, 9.17) is 16.6 Å². The second-order valence-electron chi connectivity index (χ2n) is 6.01. The van der Waals surface area contributed by atoms with Gasteiger partial charge in [0.05, 0.1) is 11.4 Å². The van der Waals surface area contributed by atoms with Crippen molar-refractivity contribution in [1.29, 1.82) is 0 Å². The maximum atomic E-state index is 12.7. The number of phenolic OH excluding ortho intramolecular Hbond substituents is 1. The van der Waals surface area contributed by atoms with Crippen molar-refractivity contribution in [2.45, 2.75) is 6.54 Å². The van der Waals surface area contributed by atoms with Gasteiger partial charge in [-0.25, -0.2) is 0 Å². The Morgan fingerprint density at radius 3 is 2.67 bits per heavy atom. The molecule has 27 heavy (non-hydrogen) atoms. The summed E-state index contributed by atoms with van der Waals surface area (Å²) in [6, 6.07) is 20.2. The van der Waals surface area contributed by atoms with Crippen LogP contribution >= 0.6 is 24.0 Å². The number of thioether (sulfide) groups is 1. The van der Waals surface area contributed by atoms with Crippen LogP contribution in [0.5, 0.6) is 5.75 Å². The third-order valence-electron chi connectivity index (χ3n) is 4.09. The van der Waals surface area contributed by atoms with Crippen LogP contribution in [0.2, 0.25) is 0 Å². The van der Waals surface area contributed by atoms with E-state index in [2.05, 4.69) is 0 Å². The summed E-state index contributed by atoms with van der Waals surface area (Å²) >= 11 is 6.65. The average Bonchev–Trinajstić information content (AvgIpc) is 3.23. The highest BCUT2D eigenvalue weighted by Gasteiger charge is 2.32. The largest absolute Gasteiger partial charge is 0.508 e. The Balaban J connectivity index is 1.54. The third kappa shape index (κ3) is 3.82. The number of carbonyl (C=O) groups excluding carboxylic acids is 1. The van der Waals surface area contributed by atoms with Crippen LogP contribution in [0.15, 0.2) is 76.1 Å². The number of hydrogen-bond donors (Lipinski definition) is 1. The van der Waals surface area contributed by atoms with Gasteiger partial charge in [0.1, 0.15) is 21.6 Å². The highest BCUT2D eigenvalue weighted by molar-refractivity contribution is 8.26. The smallest absolute Gasteiger partial charge is 0.266 e. The molecule has 0 unspecified atom stereocenters. The molecule has 0 bridgehead atoms. The van der Waals surface area contributed by atoms with E-state index >= 15 is 0 Å². The molecule has 0 radical (unpaired) electrons. The molecule has 3 aromatic rings. The van der Waals surface area contributed by atoms with Gasteiger partial charge in [-0.05, 0) is 29.8 Å². The Kier molecular flexibility index (Phi) is 4.83. The lowest BCUT2D eigenvalue weighted by Crippen LogP contribution is -2.27. The van der Waals surface area contributed by atoms with E-state index in [1.165, 1.54) is 11.8 Å². The number of rotatable bonds is 4. The summed E-state index contributed by atoms with van der Waals surface area (Å²) in [6.07, 6.45) is 1.70. The van der Waals surface area contributed by atoms with Gasteiger partial charge < -0.3 is 9.52 Å². The summed E-state index contributed by atoms with van der Waals surface area (Å²) in [6.45, 7) is 0.454. The van der Waals surface area contributed by atoms with Gasteiger partial charge in [-0.3, -0.25) is 9.69 Å². The molecule has 1 amide bonds. The Hall–Kier alpha value is -2.83. The number of furan rings is 1. The maximum Gasteiger partial charge on any atom is 0.266 e. The van der Waals surface area contributed by atoms with Crippen LogP contribution in [-0.2, 0) is 11.3 Å². The first kappa shape index (κ1) is 17.6. The summed E-state index contributed by atoms with van der Waals surface area (Å²) in [7, 11) is 0. The van der Waals surface area contributed by atoms with Gasteiger partial charge in [0, 0.05) is 11.6 Å². The number of amides is 1. The second kappa shape index (κ2) is 7.42. The fourth-order valence-electron chi connectivity index (χ4n) is 2.78. The highest BCUT2D eigenvalue weighted by Crippen LogP contribution is 2.34. The van der Waals surface area contributed by atoms with Crippen LogP contribution in [0, 0.1) is 0 Å². The van der Waals surface area contributed by atoms with Gasteiger partial charge in [0.2, 0.25) is 0 Å². The van der Waals surface area contributed by atoms with E-state index in [1.807, 2.05) is 42.5 Å². The molecule has 1 N–H and O–H groups in total. The van der Waals surface area contributed by atoms with Crippen LogP contribution in [0.25, 0.3) is 17.4 Å². The molecule has 1 saturated heterocycles. The predicted molar refractivity (Wildman–Crippen MR) is 111 cm³/mol. The van der Waals surface area contributed by atoms with Crippen molar-refractivity contribution in [3.63, 3.8) is 0 Å². The van der Waals surface area contributed by atoms with Gasteiger partial charge in [-0.2, -0.15) is 0 Å². The molecule has 6 heteroatoms. The number of nitrogens with zero attached hydrogens (tertiary/aromatic N) is 1. The van der Waals surface area contributed by atoms with Gasteiger partial charge in [-0.15, -0.1) is 0 Å². The predicted octanol–water partition coefficient (Wildman–Crippen LogP) is 5.05. The van der Waals surface area contributed by atoms with Crippen LogP contribution in [-0.4, -0.2) is 20.2 Å². The van der Waals surface area contributed by atoms with Gasteiger partial charge in [0.15, 0.2) is 0 Å². The van der Waals surface area contributed by atoms with Crippen molar-refractivity contribution in [1.82, 2.24) is 4.90 Å². The van der Waals surface area contributed by atoms with E-state index in [9.17, 15) is 9.90 Å². The normalized spacial score (nSPS) is 15.7. The second-order valence-corrected chi connectivity index (χ2v) is 7.68. The number of aromatic hydroxyl groups is 1. The van der Waals surface area contributed by atoms with Crippen LogP contribution in [0.4, 0.5) is 0 Å². The van der Waals surface area contributed by atoms with Gasteiger partial charge in [0.25, 0.3) is 5.91 Å². The zero-order chi connectivity index (χ0) is 18.8. The number of thiocarbonyl (C=S) groups is 1. The number of carbonyl (C=O) groups is 1. The molecule has 2 aromatic carbocycles. The van der Waals surface area contributed by atoms with Crippen molar-refractivity contribution in [2.24, 2.45) is 0 Å². The Bertz CT molecular complexity index is 1040. The topological polar surface area (TPSA) is 53.7 Å². The molecule has 4 nitrogen and oxygen atoms in total. The standard InChI is InChI=1S/C21H15NO3S2/c23-16-8-4-7-15(11-16)18-10-9-17(25-18)12-19-20(24)22(21(26)27-19)13-14-5-2-1-3-6-14/h1-12,23H,13H2. The lowest BCUT2D eigenvalue weighted by molar-refractivity contribution is -0.122. The van der Waals surface area contributed by atoms with E-state index in [-0.39, 0.29) is 11.7 Å². The molecule has 1 aliphatic rings. The zero-order valence-electron chi connectivity index (χ0n) is 14.2. The van der Waals surface area contributed by atoms with Crippen LogP contribution in [0.1, 0.15) is 11.3 Å². The Morgan fingerprint density at radius 1 is 1.07 bits per heavy atom. The summed E-state index contributed by atoms with van der Waals surface area (Å²) in [5.74, 6) is 1.24. The minimum Gasteiger partial charge on any atom is -0.508 e. The fourth-order valence-corrected chi connectivity index (χ4v) is 4.01. The molecular weight excluding hydrogens is 378 g/mol. The molecule has 1 aromatic heterocycles. The first-order valence-electron chi connectivity index (χ1n) is 8.29. The quantitative estimate of drug-likeness (QED) is 0.496. The maximum absolute atomic E-state index is 12.7. The van der Waals surface area contributed by atoms with E-state index in [0.29, 0.717) is 27.3 Å².